The van der Waals surface area contributed by atoms with Gasteiger partial charge >= 0.3 is 0 Å². The summed E-state index contributed by atoms with van der Waals surface area (Å²) in [6.45, 7) is 4.64. The predicted octanol–water partition coefficient (Wildman–Crippen LogP) is 5.40. The minimum absolute atomic E-state index is 0.0861. The molecule has 4 aliphatic rings. The Labute approximate surface area is 210 Å². The minimum atomic E-state index is -3.72. The summed E-state index contributed by atoms with van der Waals surface area (Å²) in [5.41, 5.74) is 2.79. The molecule has 4 saturated carbocycles. The number of amides is 1. The lowest BCUT2D eigenvalue weighted by molar-refractivity contribution is -0.0666. The lowest BCUT2D eigenvalue weighted by Gasteiger charge is -2.59. The zero-order chi connectivity index (χ0) is 24.8. The van der Waals surface area contributed by atoms with Crippen LogP contribution in [0.1, 0.15) is 73.9 Å². The molecule has 6 rings (SSSR count). The molecule has 2 aromatic carbocycles. The third-order valence-corrected chi connectivity index (χ3v) is 10.5. The smallest absolute Gasteiger partial charge is 0.253 e. The molecule has 2 aromatic rings. The number of sulfonamides is 1. The van der Waals surface area contributed by atoms with Gasteiger partial charge in [0.05, 0.1) is 4.90 Å². The van der Waals surface area contributed by atoms with Crippen molar-refractivity contribution >= 4 is 15.9 Å². The molecule has 188 valence electrons. The van der Waals surface area contributed by atoms with Crippen LogP contribution < -0.4 is 4.72 Å². The van der Waals surface area contributed by atoms with E-state index in [2.05, 4.69) is 30.7 Å². The van der Waals surface area contributed by atoms with E-state index in [1.165, 1.54) is 30.9 Å². The number of nitrogens with one attached hydrogen (secondary N) is 1. The number of aryl methyl sites for hydroxylation is 1. The number of carbonyl (C=O) groups excluding carboxylic acids is 1. The van der Waals surface area contributed by atoms with Crippen LogP contribution in [0.4, 0.5) is 0 Å². The van der Waals surface area contributed by atoms with E-state index in [-0.39, 0.29) is 22.3 Å². The third kappa shape index (κ3) is 4.92. The first-order valence-electron chi connectivity index (χ1n) is 13.1. The number of benzene rings is 2. The Hall–Kier alpha value is -2.18. The number of nitrogens with zero attached hydrogens (tertiary/aromatic N) is 1. The summed E-state index contributed by atoms with van der Waals surface area (Å²) in [7, 11) is -1.97. The highest BCUT2D eigenvalue weighted by atomic mass is 32.2. The van der Waals surface area contributed by atoms with Gasteiger partial charge in [-0.3, -0.25) is 4.79 Å². The first kappa shape index (κ1) is 24.5. The highest BCUT2D eigenvalue weighted by molar-refractivity contribution is 7.89. The Morgan fingerprint density at radius 1 is 1.00 bits per heavy atom. The van der Waals surface area contributed by atoms with Crippen molar-refractivity contribution in [3.8, 4) is 0 Å². The lowest BCUT2D eigenvalue weighted by Crippen LogP contribution is -2.55. The number of carbonyl (C=O) groups is 1. The van der Waals surface area contributed by atoms with Gasteiger partial charge in [-0.25, -0.2) is 13.1 Å². The highest BCUT2D eigenvalue weighted by Crippen LogP contribution is 2.61. The van der Waals surface area contributed by atoms with Crippen LogP contribution in [0.5, 0.6) is 0 Å². The molecule has 1 N–H and O–H groups in total. The second-order valence-electron chi connectivity index (χ2n) is 11.5. The largest absolute Gasteiger partial charge is 0.337 e. The van der Waals surface area contributed by atoms with Crippen molar-refractivity contribution in [1.82, 2.24) is 9.62 Å². The molecule has 0 aromatic heterocycles. The molecular weight excluding hydrogens is 456 g/mol. The van der Waals surface area contributed by atoms with Crippen LogP contribution in [0.25, 0.3) is 0 Å². The predicted molar refractivity (Wildman–Crippen MR) is 138 cm³/mol. The van der Waals surface area contributed by atoms with Crippen LogP contribution in [0.15, 0.2) is 53.4 Å². The molecule has 5 nitrogen and oxygen atoms in total. The zero-order valence-electron chi connectivity index (χ0n) is 21.2. The van der Waals surface area contributed by atoms with E-state index in [1.54, 1.807) is 30.1 Å². The molecule has 4 aliphatic carbocycles. The Bertz CT molecular complexity index is 1150. The molecule has 4 bridgehead atoms. The van der Waals surface area contributed by atoms with E-state index in [9.17, 15) is 13.2 Å². The number of hydrogen-bond donors (Lipinski definition) is 1. The average molecular weight is 495 g/mol. The van der Waals surface area contributed by atoms with Crippen molar-refractivity contribution in [1.29, 1.82) is 0 Å². The van der Waals surface area contributed by atoms with Gasteiger partial charge in [0.2, 0.25) is 10.0 Å². The lowest BCUT2D eigenvalue weighted by atomic mass is 9.48. The molecule has 0 aliphatic heterocycles. The van der Waals surface area contributed by atoms with Crippen LogP contribution in [-0.2, 0) is 23.0 Å². The summed E-state index contributed by atoms with van der Waals surface area (Å²) in [5, 5.41) is 0. The van der Waals surface area contributed by atoms with Crippen molar-refractivity contribution in [2.75, 3.05) is 7.05 Å². The maximum atomic E-state index is 13.4. The normalized spacial score (nSPS) is 28.1. The Morgan fingerprint density at radius 3 is 2.14 bits per heavy atom. The van der Waals surface area contributed by atoms with Crippen molar-refractivity contribution in [3.63, 3.8) is 0 Å². The fourth-order valence-electron chi connectivity index (χ4n) is 7.38. The quantitative estimate of drug-likeness (QED) is 0.534. The van der Waals surface area contributed by atoms with Gasteiger partial charge in [-0.1, -0.05) is 37.3 Å². The molecule has 0 saturated heterocycles. The third-order valence-electron chi connectivity index (χ3n) is 8.93. The first-order chi connectivity index (χ1) is 16.7. The van der Waals surface area contributed by atoms with Crippen LogP contribution in [0, 0.1) is 23.2 Å². The molecule has 0 radical (unpaired) electrons. The molecule has 1 atom stereocenters. The monoisotopic (exact) mass is 494 g/mol. The van der Waals surface area contributed by atoms with Gasteiger partial charge in [0.25, 0.3) is 5.91 Å². The fourth-order valence-corrected chi connectivity index (χ4v) is 8.77. The van der Waals surface area contributed by atoms with Crippen LogP contribution in [-0.4, -0.2) is 32.3 Å². The van der Waals surface area contributed by atoms with Crippen LogP contribution >= 0.6 is 0 Å². The molecule has 35 heavy (non-hydrogen) atoms. The second kappa shape index (κ2) is 9.36. The van der Waals surface area contributed by atoms with Gasteiger partial charge in [0, 0.05) is 25.2 Å². The average Bonchev–Trinajstić information content (AvgIpc) is 2.83. The summed E-state index contributed by atoms with van der Waals surface area (Å²) >= 11 is 0. The topological polar surface area (TPSA) is 66.5 Å². The highest BCUT2D eigenvalue weighted by Gasteiger charge is 2.53. The van der Waals surface area contributed by atoms with E-state index >= 15 is 0 Å². The molecule has 4 fully saturated rings. The van der Waals surface area contributed by atoms with Crippen molar-refractivity contribution in [2.45, 2.75) is 76.3 Å². The summed E-state index contributed by atoms with van der Waals surface area (Å²) in [4.78, 5) is 14.9. The molecule has 0 heterocycles. The van der Waals surface area contributed by atoms with E-state index < -0.39 is 10.0 Å². The summed E-state index contributed by atoms with van der Waals surface area (Å²) in [5.74, 6) is 2.12. The minimum Gasteiger partial charge on any atom is -0.337 e. The van der Waals surface area contributed by atoms with Gasteiger partial charge in [0.1, 0.15) is 0 Å². The van der Waals surface area contributed by atoms with Gasteiger partial charge in [0.15, 0.2) is 0 Å². The van der Waals surface area contributed by atoms with E-state index in [1.807, 2.05) is 12.1 Å². The standard InChI is InChI=1S/C29H38N2O3S/c1-4-21-8-10-22(11-9-21)19-31(3)28(32)26-6-5-7-27(15-26)35(33,34)30-20(2)29-16-23-12-24(17-29)14-25(13-23)18-29/h5-11,15,20,23-25,30H,4,12-14,16-19H2,1-3H3. The van der Waals surface area contributed by atoms with Crippen LogP contribution in [0.3, 0.4) is 0 Å². The van der Waals surface area contributed by atoms with Gasteiger partial charge in [-0.15, -0.1) is 0 Å². The van der Waals surface area contributed by atoms with Crippen molar-refractivity contribution in [3.05, 3.63) is 65.2 Å². The molecule has 1 amide bonds. The molecular formula is C29H38N2O3S. The fraction of sp³-hybridized carbons (Fsp3) is 0.552. The van der Waals surface area contributed by atoms with E-state index in [4.69, 9.17) is 0 Å². The Kier molecular flexibility index (Phi) is 6.56. The van der Waals surface area contributed by atoms with Crippen molar-refractivity contribution < 1.29 is 13.2 Å². The molecule has 0 spiro atoms. The van der Waals surface area contributed by atoms with E-state index in [0.717, 1.165) is 49.0 Å². The zero-order valence-corrected chi connectivity index (χ0v) is 22.0. The molecule has 6 heteroatoms. The van der Waals surface area contributed by atoms with E-state index in [0.29, 0.717) is 12.1 Å². The van der Waals surface area contributed by atoms with Crippen molar-refractivity contribution in [2.24, 2.45) is 23.2 Å². The van der Waals surface area contributed by atoms with Gasteiger partial charge in [-0.2, -0.15) is 0 Å². The first-order valence-corrected chi connectivity index (χ1v) is 14.6. The molecule has 1 unspecified atom stereocenters. The summed E-state index contributed by atoms with van der Waals surface area (Å²) < 4.78 is 29.8. The number of hydrogen-bond acceptors (Lipinski definition) is 3. The SMILES string of the molecule is CCc1ccc(CN(C)C(=O)c2cccc(S(=O)(=O)NC(C)C34CC5CC(CC(C5)C3)C4)c2)cc1. The second-order valence-corrected chi connectivity index (χ2v) is 13.2. The maximum absolute atomic E-state index is 13.4. The Morgan fingerprint density at radius 2 is 1.57 bits per heavy atom. The summed E-state index contributed by atoms with van der Waals surface area (Å²) in [6.07, 6.45) is 8.41. The maximum Gasteiger partial charge on any atom is 0.253 e. The summed E-state index contributed by atoms with van der Waals surface area (Å²) in [6, 6.07) is 14.6. The van der Waals surface area contributed by atoms with Crippen LogP contribution in [0.2, 0.25) is 0 Å². The number of rotatable bonds is 8. The van der Waals surface area contributed by atoms with Gasteiger partial charge < -0.3 is 4.90 Å². The van der Waals surface area contributed by atoms with Gasteiger partial charge in [-0.05, 0) is 104 Å². The Balaban J connectivity index is 1.28.